The van der Waals surface area contributed by atoms with E-state index in [0.29, 0.717) is 13.0 Å². The minimum Gasteiger partial charge on any atom is -0.496 e. The highest BCUT2D eigenvalue weighted by molar-refractivity contribution is 8.00. The fourth-order valence-electron chi connectivity index (χ4n) is 3.98. The van der Waals surface area contributed by atoms with Crippen LogP contribution in [0.3, 0.4) is 0 Å². The molecule has 3 aromatic heterocycles. The minimum absolute atomic E-state index is 0.0312. The molecule has 0 radical (unpaired) electrons. The molecule has 0 aromatic carbocycles. The average Bonchev–Trinajstić information content (AvgIpc) is 2.97. The Morgan fingerprint density at radius 1 is 1.37 bits per heavy atom. The first kappa shape index (κ1) is 20.6. The van der Waals surface area contributed by atoms with Gasteiger partial charge in [0.1, 0.15) is 10.8 Å². The lowest BCUT2D eigenvalue weighted by Crippen LogP contribution is -2.34. The SMILES string of the molecule is C=CCCC1Sc2nc(N)nc3c2c(nn3Cc2ncc(C)c(OC)c2C)CC1N. The Labute approximate surface area is 180 Å². The summed E-state index contributed by atoms with van der Waals surface area (Å²) in [5.41, 5.74) is 17.1. The van der Waals surface area contributed by atoms with Gasteiger partial charge in [0.2, 0.25) is 5.95 Å². The largest absolute Gasteiger partial charge is 0.496 e. The maximum absolute atomic E-state index is 6.54. The van der Waals surface area contributed by atoms with Crippen LogP contribution in [0.2, 0.25) is 0 Å². The average molecular weight is 426 g/mol. The number of nitrogens with two attached hydrogens (primary N) is 2. The van der Waals surface area contributed by atoms with E-state index in [2.05, 4.69) is 21.5 Å². The number of aromatic nitrogens is 5. The molecule has 0 aliphatic carbocycles. The van der Waals surface area contributed by atoms with Crippen molar-refractivity contribution in [3.8, 4) is 5.75 Å². The van der Waals surface area contributed by atoms with Gasteiger partial charge in [-0.25, -0.2) is 9.67 Å². The van der Waals surface area contributed by atoms with Crippen LogP contribution in [0.1, 0.15) is 35.4 Å². The third-order valence-electron chi connectivity index (χ3n) is 5.52. The maximum Gasteiger partial charge on any atom is 0.223 e. The number of thioether (sulfide) groups is 1. The Kier molecular flexibility index (Phi) is 5.66. The van der Waals surface area contributed by atoms with Crippen molar-refractivity contribution in [1.29, 1.82) is 0 Å². The summed E-state index contributed by atoms with van der Waals surface area (Å²) in [5, 5.41) is 6.90. The zero-order chi connectivity index (χ0) is 21.4. The molecule has 0 fully saturated rings. The van der Waals surface area contributed by atoms with Gasteiger partial charge in [-0.1, -0.05) is 6.08 Å². The van der Waals surface area contributed by atoms with Crippen LogP contribution < -0.4 is 16.2 Å². The first-order valence-electron chi connectivity index (χ1n) is 9.98. The summed E-state index contributed by atoms with van der Waals surface area (Å²) in [4.78, 5) is 13.6. The maximum atomic E-state index is 6.54. The van der Waals surface area contributed by atoms with Gasteiger partial charge in [0.15, 0.2) is 5.65 Å². The quantitative estimate of drug-likeness (QED) is 0.457. The van der Waals surface area contributed by atoms with Crippen LogP contribution >= 0.6 is 11.8 Å². The fraction of sp³-hybridized carbons (Fsp3) is 0.429. The van der Waals surface area contributed by atoms with Crippen LogP contribution in [0.4, 0.5) is 5.95 Å². The van der Waals surface area contributed by atoms with Crippen molar-refractivity contribution in [2.24, 2.45) is 5.73 Å². The molecule has 9 heteroatoms. The summed E-state index contributed by atoms with van der Waals surface area (Å²) in [6, 6.07) is -0.0312. The lowest BCUT2D eigenvalue weighted by atomic mass is 10.0. The smallest absolute Gasteiger partial charge is 0.223 e. The van der Waals surface area contributed by atoms with E-state index >= 15 is 0 Å². The molecule has 3 aromatic rings. The standard InChI is InChI=1S/C21H27N7OS/c1-5-6-7-16-13(22)8-14-17-19(25-21(23)26-20(17)30-16)28(27-14)10-15-12(3)18(29-4)11(2)9-24-15/h5,9,13,16H,1,6-8,10,22H2,2-4H3,(H2,23,25,26). The van der Waals surface area contributed by atoms with Gasteiger partial charge < -0.3 is 16.2 Å². The predicted molar refractivity (Wildman–Crippen MR) is 120 cm³/mol. The lowest BCUT2D eigenvalue weighted by molar-refractivity contribution is 0.406. The van der Waals surface area contributed by atoms with E-state index in [1.54, 1.807) is 18.9 Å². The van der Waals surface area contributed by atoms with Crippen molar-refractivity contribution in [2.75, 3.05) is 12.8 Å². The van der Waals surface area contributed by atoms with Crippen molar-refractivity contribution in [1.82, 2.24) is 24.7 Å². The summed E-state index contributed by atoms with van der Waals surface area (Å²) in [7, 11) is 1.67. The number of hydrogen-bond donors (Lipinski definition) is 2. The van der Waals surface area contributed by atoms with Crippen LogP contribution in [0.25, 0.3) is 11.0 Å². The number of rotatable bonds is 6. The van der Waals surface area contributed by atoms with Crippen LogP contribution in [-0.4, -0.2) is 43.1 Å². The van der Waals surface area contributed by atoms with E-state index in [1.807, 2.05) is 30.8 Å². The summed E-state index contributed by atoms with van der Waals surface area (Å²) in [6.45, 7) is 8.29. The van der Waals surface area contributed by atoms with Gasteiger partial charge in [0.25, 0.3) is 0 Å². The number of pyridine rings is 1. The second-order valence-electron chi connectivity index (χ2n) is 7.63. The Balaban J connectivity index is 1.78. The predicted octanol–water partition coefficient (Wildman–Crippen LogP) is 2.79. The molecule has 2 atom stereocenters. The summed E-state index contributed by atoms with van der Waals surface area (Å²) >= 11 is 1.67. The molecule has 0 saturated carbocycles. The van der Waals surface area contributed by atoms with Crippen molar-refractivity contribution >= 4 is 28.7 Å². The van der Waals surface area contributed by atoms with Gasteiger partial charge in [-0.3, -0.25) is 4.98 Å². The van der Waals surface area contributed by atoms with Crippen molar-refractivity contribution < 1.29 is 4.74 Å². The Morgan fingerprint density at radius 2 is 2.17 bits per heavy atom. The van der Waals surface area contributed by atoms with Crippen LogP contribution in [0.15, 0.2) is 23.9 Å². The molecule has 8 nitrogen and oxygen atoms in total. The highest BCUT2D eigenvalue weighted by atomic mass is 32.2. The number of allylic oxidation sites excluding steroid dienone is 1. The Bertz CT molecular complexity index is 1110. The fourth-order valence-corrected chi connectivity index (χ4v) is 5.26. The lowest BCUT2D eigenvalue weighted by Gasteiger charge is -2.20. The van der Waals surface area contributed by atoms with Crippen molar-refractivity contribution in [3.05, 3.63) is 41.4 Å². The zero-order valence-corrected chi connectivity index (χ0v) is 18.4. The normalized spacial score (nSPS) is 18.4. The molecule has 1 aliphatic heterocycles. The van der Waals surface area contributed by atoms with Gasteiger partial charge >= 0.3 is 0 Å². The van der Waals surface area contributed by atoms with Crippen LogP contribution in [0.5, 0.6) is 5.75 Å². The van der Waals surface area contributed by atoms with Crippen molar-refractivity contribution in [3.63, 3.8) is 0 Å². The third-order valence-corrected chi connectivity index (χ3v) is 6.93. The first-order valence-corrected chi connectivity index (χ1v) is 10.9. The topological polar surface area (TPSA) is 118 Å². The highest BCUT2D eigenvalue weighted by Crippen LogP contribution is 2.38. The molecule has 0 saturated heterocycles. The molecular formula is C21H27N7OS. The second kappa shape index (κ2) is 8.23. The number of nitrogens with zero attached hydrogens (tertiary/aromatic N) is 5. The molecule has 4 rings (SSSR count). The number of methoxy groups -OCH3 is 1. The van der Waals surface area contributed by atoms with Gasteiger partial charge in [-0.05, 0) is 26.7 Å². The molecule has 0 bridgehead atoms. The number of hydrogen-bond acceptors (Lipinski definition) is 8. The molecule has 4 N–H and O–H groups in total. The van der Waals surface area contributed by atoms with Crippen LogP contribution in [0, 0.1) is 13.8 Å². The monoisotopic (exact) mass is 425 g/mol. The summed E-state index contributed by atoms with van der Waals surface area (Å²) in [5.74, 6) is 1.08. The number of ether oxygens (including phenoxy) is 1. The molecule has 30 heavy (non-hydrogen) atoms. The molecule has 0 spiro atoms. The van der Waals surface area contributed by atoms with Gasteiger partial charge in [-0.15, -0.1) is 18.3 Å². The van der Waals surface area contributed by atoms with E-state index in [0.717, 1.165) is 57.2 Å². The van der Waals surface area contributed by atoms with E-state index < -0.39 is 0 Å². The molecule has 2 unspecified atom stereocenters. The third kappa shape index (κ3) is 3.63. The molecular weight excluding hydrogens is 398 g/mol. The van der Waals surface area contributed by atoms with E-state index in [1.165, 1.54) is 0 Å². The number of nitrogen functional groups attached to an aromatic ring is 1. The highest BCUT2D eigenvalue weighted by Gasteiger charge is 2.30. The first-order chi connectivity index (χ1) is 14.4. The molecule has 1 aliphatic rings. The van der Waals surface area contributed by atoms with E-state index in [9.17, 15) is 0 Å². The zero-order valence-electron chi connectivity index (χ0n) is 17.6. The van der Waals surface area contributed by atoms with Crippen LogP contribution in [-0.2, 0) is 13.0 Å². The molecule has 4 heterocycles. The molecule has 0 amide bonds. The van der Waals surface area contributed by atoms with Gasteiger partial charge in [0, 0.05) is 35.0 Å². The van der Waals surface area contributed by atoms with E-state index in [-0.39, 0.29) is 17.2 Å². The summed E-state index contributed by atoms with van der Waals surface area (Å²) < 4.78 is 7.40. The minimum atomic E-state index is -0.0312. The Hall–Kier alpha value is -2.65. The second-order valence-corrected chi connectivity index (χ2v) is 8.85. The number of aryl methyl sites for hydroxylation is 1. The van der Waals surface area contributed by atoms with E-state index in [4.69, 9.17) is 21.3 Å². The molecule has 158 valence electrons. The number of anilines is 1. The van der Waals surface area contributed by atoms with Crippen molar-refractivity contribution in [2.45, 2.75) is 56.0 Å². The van der Waals surface area contributed by atoms with Gasteiger partial charge in [0.05, 0.1) is 30.4 Å². The Morgan fingerprint density at radius 3 is 2.90 bits per heavy atom. The summed E-state index contributed by atoms with van der Waals surface area (Å²) in [6.07, 6.45) is 6.26. The van der Waals surface area contributed by atoms with Gasteiger partial charge in [-0.2, -0.15) is 10.1 Å².